The molecule has 0 radical (unpaired) electrons. The fourth-order valence-electron chi connectivity index (χ4n) is 2.16. The lowest BCUT2D eigenvalue weighted by Gasteiger charge is -2.23. The summed E-state index contributed by atoms with van der Waals surface area (Å²) in [5.74, 6) is 1.48. The maximum absolute atomic E-state index is 4.78. The van der Waals surface area contributed by atoms with Crippen LogP contribution in [0.3, 0.4) is 0 Å². The molecule has 0 fully saturated rings. The van der Waals surface area contributed by atoms with Gasteiger partial charge in [0.2, 0.25) is 0 Å². The molecule has 0 aliphatic rings. The molecule has 0 spiro atoms. The number of nitrogens with one attached hydrogen (secondary N) is 1. The van der Waals surface area contributed by atoms with Gasteiger partial charge in [0.1, 0.15) is 5.84 Å². The number of hydrogen-bond donors (Lipinski definition) is 1. The first-order chi connectivity index (χ1) is 9.25. The van der Waals surface area contributed by atoms with E-state index in [2.05, 4.69) is 66.4 Å². The maximum atomic E-state index is 4.78. The summed E-state index contributed by atoms with van der Waals surface area (Å²) in [6.45, 7) is 21.3. The summed E-state index contributed by atoms with van der Waals surface area (Å²) in [6.07, 6.45) is 4.22. The molecule has 20 heavy (non-hydrogen) atoms. The average Bonchev–Trinajstić information content (AvgIpc) is 2.34. The largest absolute Gasteiger partial charge is 0.370 e. The molecule has 0 aliphatic carbocycles. The van der Waals surface area contributed by atoms with Crippen molar-refractivity contribution >= 4 is 5.84 Å². The molecular formula is C18H34N2. The van der Waals surface area contributed by atoms with E-state index < -0.39 is 0 Å². The second kappa shape index (κ2) is 8.99. The van der Waals surface area contributed by atoms with Gasteiger partial charge in [-0.25, -0.2) is 0 Å². The van der Waals surface area contributed by atoms with Gasteiger partial charge in [0.15, 0.2) is 0 Å². The lowest BCUT2D eigenvalue weighted by molar-refractivity contribution is 0.392. The molecule has 0 aliphatic heterocycles. The second-order valence-electron chi connectivity index (χ2n) is 6.68. The molecule has 0 saturated heterocycles. The van der Waals surface area contributed by atoms with Gasteiger partial charge in [0, 0.05) is 13.1 Å². The van der Waals surface area contributed by atoms with Gasteiger partial charge >= 0.3 is 0 Å². The molecule has 0 aromatic rings. The molecular weight excluding hydrogens is 244 g/mol. The zero-order valence-corrected chi connectivity index (χ0v) is 14.6. The highest BCUT2D eigenvalue weighted by atomic mass is 15.0. The first kappa shape index (κ1) is 18.9. The Morgan fingerprint density at radius 3 is 2.30 bits per heavy atom. The molecule has 0 aromatic heterocycles. The van der Waals surface area contributed by atoms with E-state index in [1.165, 1.54) is 11.1 Å². The van der Waals surface area contributed by atoms with Crippen molar-refractivity contribution in [1.82, 2.24) is 5.32 Å². The molecule has 1 atom stereocenters. The average molecular weight is 278 g/mol. The van der Waals surface area contributed by atoms with E-state index in [9.17, 15) is 0 Å². The van der Waals surface area contributed by atoms with Crippen molar-refractivity contribution in [3.8, 4) is 0 Å². The smallest absolute Gasteiger partial charge is 0.123 e. The van der Waals surface area contributed by atoms with Crippen LogP contribution in [0.1, 0.15) is 61.3 Å². The predicted molar refractivity (Wildman–Crippen MR) is 92.4 cm³/mol. The van der Waals surface area contributed by atoms with Gasteiger partial charge < -0.3 is 5.32 Å². The van der Waals surface area contributed by atoms with Crippen LogP contribution in [-0.4, -0.2) is 18.9 Å². The van der Waals surface area contributed by atoms with Crippen LogP contribution in [0.15, 0.2) is 28.8 Å². The highest BCUT2D eigenvalue weighted by Crippen LogP contribution is 2.27. The van der Waals surface area contributed by atoms with E-state index in [1.54, 1.807) is 0 Å². The molecule has 0 heterocycles. The number of amidine groups is 1. The summed E-state index contributed by atoms with van der Waals surface area (Å²) < 4.78 is 0. The third-order valence-corrected chi connectivity index (χ3v) is 3.36. The van der Waals surface area contributed by atoms with Crippen LogP contribution >= 0.6 is 0 Å². The topological polar surface area (TPSA) is 24.4 Å². The van der Waals surface area contributed by atoms with Crippen LogP contribution in [0.5, 0.6) is 0 Å². The first-order valence-electron chi connectivity index (χ1n) is 7.86. The van der Waals surface area contributed by atoms with Crippen molar-refractivity contribution in [2.75, 3.05) is 13.1 Å². The number of allylic oxidation sites excluding steroid dienone is 1. The number of likely N-dealkylation sites (N-methyl/N-ethyl adjacent to an activating group) is 1. The molecule has 0 saturated carbocycles. The molecule has 2 heteroatoms. The summed E-state index contributed by atoms with van der Waals surface area (Å²) in [5, 5.41) is 3.38. The van der Waals surface area contributed by atoms with Crippen LogP contribution in [-0.2, 0) is 0 Å². The Morgan fingerprint density at radius 2 is 1.90 bits per heavy atom. The molecule has 0 bridgehead atoms. The summed E-state index contributed by atoms with van der Waals surface area (Å²) in [6, 6.07) is 0. The predicted octanol–water partition coefficient (Wildman–Crippen LogP) is 4.98. The lowest BCUT2D eigenvalue weighted by atomic mass is 9.84. The van der Waals surface area contributed by atoms with Crippen molar-refractivity contribution in [3.05, 3.63) is 23.8 Å². The highest BCUT2D eigenvalue weighted by Gasteiger charge is 2.16. The van der Waals surface area contributed by atoms with Crippen molar-refractivity contribution < 1.29 is 0 Å². The third-order valence-electron chi connectivity index (χ3n) is 3.36. The van der Waals surface area contributed by atoms with Gasteiger partial charge in [0.25, 0.3) is 0 Å². The van der Waals surface area contributed by atoms with Gasteiger partial charge in [0.05, 0.1) is 0 Å². The number of aliphatic imine (C=N–C) groups is 1. The normalized spacial score (nSPS) is 15.2. The fourth-order valence-corrected chi connectivity index (χ4v) is 2.16. The zero-order valence-electron chi connectivity index (χ0n) is 14.6. The van der Waals surface area contributed by atoms with E-state index >= 15 is 0 Å². The number of hydrogen-bond acceptors (Lipinski definition) is 1. The van der Waals surface area contributed by atoms with Gasteiger partial charge in [-0.15, -0.1) is 0 Å². The van der Waals surface area contributed by atoms with Crippen LogP contribution in [0, 0.1) is 11.3 Å². The number of rotatable bonds is 7. The van der Waals surface area contributed by atoms with Crippen LogP contribution in [0.2, 0.25) is 0 Å². The zero-order chi connectivity index (χ0) is 15.8. The van der Waals surface area contributed by atoms with E-state index in [-0.39, 0.29) is 0 Å². The molecule has 1 unspecified atom stereocenters. The van der Waals surface area contributed by atoms with Crippen molar-refractivity contribution in [2.24, 2.45) is 16.3 Å². The Balaban J connectivity index is 4.73. The summed E-state index contributed by atoms with van der Waals surface area (Å²) >= 11 is 0. The molecule has 0 aromatic carbocycles. The highest BCUT2D eigenvalue weighted by molar-refractivity contribution is 5.98. The number of nitrogens with zero attached hydrogens (tertiary/aromatic N) is 1. The Labute approximate surface area is 126 Å². The van der Waals surface area contributed by atoms with Gasteiger partial charge in [-0.3, -0.25) is 4.99 Å². The first-order valence-corrected chi connectivity index (χ1v) is 7.86. The maximum Gasteiger partial charge on any atom is 0.123 e. The molecule has 2 nitrogen and oxygen atoms in total. The van der Waals surface area contributed by atoms with Gasteiger partial charge in [-0.2, -0.15) is 0 Å². The lowest BCUT2D eigenvalue weighted by Crippen LogP contribution is -2.26. The second-order valence-corrected chi connectivity index (χ2v) is 6.68. The van der Waals surface area contributed by atoms with Crippen LogP contribution in [0.4, 0.5) is 0 Å². The minimum absolute atomic E-state index is 0.303. The molecule has 116 valence electrons. The molecule has 1 N–H and O–H groups in total. The minimum atomic E-state index is 0.303. The van der Waals surface area contributed by atoms with Crippen LogP contribution in [0.25, 0.3) is 0 Å². The Hall–Kier alpha value is -1.05. The fraction of sp³-hybridized carbons (Fsp3) is 0.722. The quantitative estimate of drug-likeness (QED) is 0.396. The Morgan fingerprint density at radius 1 is 1.30 bits per heavy atom. The van der Waals surface area contributed by atoms with Gasteiger partial charge in [-0.05, 0) is 43.6 Å². The van der Waals surface area contributed by atoms with Crippen molar-refractivity contribution in [3.63, 3.8) is 0 Å². The summed E-state index contributed by atoms with van der Waals surface area (Å²) in [7, 11) is 0. The standard InChI is InChI=1S/C18H34N2/c1-9-16(10-2)17(19-11-3)20-13-15(5)14(4)12-18(6,7)8/h9,15H,4,10-13H2,1-3,5-8H3,(H,19,20)/b16-9-. The molecule has 0 rings (SSSR count). The summed E-state index contributed by atoms with van der Waals surface area (Å²) in [4.78, 5) is 4.78. The third kappa shape index (κ3) is 7.52. The Bertz CT molecular complexity index is 356. The Kier molecular flexibility index (Phi) is 8.52. The molecule has 0 amide bonds. The summed E-state index contributed by atoms with van der Waals surface area (Å²) in [5.41, 5.74) is 2.90. The van der Waals surface area contributed by atoms with Crippen molar-refractivity contribution in [1.29, 1.82) is 0 Å². The SMILES string of the molecule is C=C(CC(C)(C)C)C(C)CN=C(NCC)/C(=C\C)CC. The van der Waals surface area contributed by atoms with E-state index in [0.717, 1.165) is 31.8 Å². The van der Waals surface area contributed by atoms with E-state index in [4.69, 9.17) is 4.99 Å². The van der Waals surface area contributed by atoms with E-state index in [0.29, 0.717) is 11.3 Å². The van der Waals surface area contributed by atoms with Crippen LogP contribution < -0.4 is 5.32 Å². The van der Waals surface area contributed by atoms with Gasteiger partial charge in [-0.1, -0.05) is 52.8 Å². The van der Waals surface area contributed by atoms with Crippen molar-refractivity contribution in [2.45, 2.75) is 61.3 Å². The minimum Gasteiger partial charge on any atom is -0.370 e. The monoisotopic (exact) mass is 278 g/mol. The van der Waals surface area contributed by atoms with E-state index in [1.807, 2.05) is 0 Å².